The summed E-state index contributed by atoms with van der Waals surface area (Å²) >= 11 is 0. The molecule has 0 aliphatic carbocycles. The maximum atomic E-state index is 12.3. The third kappa shape index (κ3) is 2.90. The van der Waals surface area contributed by atoms with Crippen molar-refractivity contribution in [3.05, 3.63) is 20.8 Å². The smallest absolute Gasteiger partial charge is 0.329 e. The quantitative estimate of drug-likeness (QED) is 0.808. The number of anilines is 1. The number of morpholine rings is 1. The number of H-pyrrole nitrogens is 1. The second-order valence-corrected chi connectivity index (χ2v) is 5.86. The molecule has 1 aliphatic heterocycles. The molecular formula is C15H23N5O3. The number of aryl methyl sites for hydroxylation is 2. The van der Waals surface area contributed by atoms with Crippen molar-refractivity contribution in [2.45, 2.75) is 32.7 Å². The molecule has 8 nitrogen and oxygen atoms in total. The molecule has 1 fully saturated rings. The summed E-state index contributed by atoms with van der Waals surface area (Å²) < 4.78 is 8.75. The number of ether oxygens (including phenoxy) is 1. The van der Waals surface area contributed by atoms with E-state index in [1.807, 2.05) is 4.57 Å². The summed E-state index contributed by atoms with van der Waals surface area (Å²) in [6.45, 7) is 5.64. The van der Waals surface area contributed by atoms with Crippen molar-refractivity contribution in [1.82, 2.24) is 19.1 Å². The number of nitrogens with one attached hydrogen (secondary N) is 1. The van der Waals surface area contributed by atoms with Gasteiger partial charge in [-0.15, -0.1) is 0 Å². The van der Waals surface area contributed by atoms with Crippen molar-refractivity contribution in [2.75, 3.05) is 31.2 Å². The third-order valence-corrected chi connectivity index (χ3v) is 4.27. The molecule has 0 bridgehead atoms. The van der Waals surface area contributed by atoms with Gasteiger partial charge in [0.25, 0.3) is 5.56 Å². The lowest BCUT2D eigenvalue weighted by Gasteiger charge is -2.28. The average Bonchev–Trinajstić information content (AvgIpc) is 2.94. The number of aromatic nitrogens is 4. The van der Waals surface area contributed by atoms with Crippen molar-refractivity contribution in [1.29, 1.82) is 0 Å². The highest BCUT2D eigenvalue weighted by molar-refractivity contribution is 5.74. The molecule has 1 saturated heterocycles. The lowest BCUT2D eigenvalue weighted by molar-refractivity contribution is 0.121. The van der Waals surface area contributed by atoms with Crippen LogP contribution in [0.5, 0.6) is 0 Å². The van der Waals surface area contributed by atoms with Gasteiger partial charge in [0.1, 0.15) is 0 Å². The maximum Gasteiger partial charge on any atom is 0.329 e. The Balaban J connectivity index is 2.14. The Kier molecular flexibility index (Phi) is 4.51. The summed E-state index contributed by atoms with van der Waals surface area (Å²) in [4.78, 5) is 33.3. The Morgan fingerprint density at radius 1 is 1.22 bits per heavy atom. The fourth-order valence-corrected chi connectivity index (χ4v) is 2.96. The standard InChI is InChI=1S/C15H23N5O3/c1-3-4-5-6-20-11-12(18(2)15(22)17-13(11)21)16-14(20)19-7-9-23-10-8-19/h3-10H2,1-2H3,(H,17,21,22). The molecule has 2 aromatic heterocycles. The lowest BCUT2D eigenvalue weighted by Crippen LogP contribution is -2.38. The summed E-state index contributed by atoms with van der Waals surface area (Å²) in [6.07, 6.45) is 3.17. The van der Waals surface area contributed by atoms with Crippen LogP contribution in [-0.2, 0) is 18.3 Å². The monoisotopic (exact) mass is 321 g/mol. The van der Waals surface area contributed by atoms with E-state index in [1.54, 1.807) is 7.05 Å². The van der Waals surface area contributed by atoms with Crippen molar-refractivity contribution in [3.63, 3.8) is 0 Å². The van der Waals surface area contributed by atoms with E-state index in [9.17, 15) is 9.59 Å². The van der Waals surface area contributed by atoms with Gasteiger partial charge in [-0.3, -0.25) is 14.3 Å². The van der Waals surface area contributed by atoms with Gasteiger partial charge >= 0.3 is 5.69 Å². The van der Waals surface area contributed by atoms with E-state index in [1.165, 1.54) is 4.57 Å². The van der Waals surface area contributed by atoms with Gasteiger partial charge in [-0.1, -0.05) is 19.8 Å². The minimum Gasteiger partial charge on any atom is -0.378 e. The van der Waals surface area contributed by atoms with Crippen LogP contribution in [0.3, 0.4) is 0 Å². The second kappa shape index (κ2) is 6.57. The molecule has 0 amide bonds. The summed E-state index contributed by atoms with van der Waals surface area (Å²) in [6, 6.07) is 0. The number of unbranched alkanes of at least 4 members (excludes halogenated alkanes) is 2. The van der Waals surface area contributed by atoms with Crippen molar-refractivity contribution < 1.29 is 4.74 Å². The minimum atomic E-state index is -0.436. The van der Waals surface area contributed by atoms with E-state index in [0.717, 1.165) is 44.8 Å². The predicted molar refractivity (Wildman–Crippen MR) is 88.2 cm³/mol. The number of fused-ring (bicyclic) bond motifs is 1. The molecule has 0 radical (unpaired) electrons. The first kappa shape index (κ1) is 15.8. The zero-order valence-electron chi connectivity index (χ0n) is 13.7. The first-order chi connectivity index (χ1) is 11.1. The molecule has 1 N–H and O–H groups in total. The van der Waals surface area contributed by atoms with Crippen LogP contribution >= 0.6 is 0 Å². The van der Waals surface area contributed by atoms with Crippen LogP contribution in [0.2, 0.25) is 0 Å². The highest BCUT2D eigenvalue weighted by Crippen LogP contribution is 2.21. The van der Waals surface area contributed by atoms with Crippen LogP contribution in [0, 0.1) is 0 Å². The zero-order chi connectivity index (χ0) is 16.4. The van der Waals surface area contributed by atoms with Crippen LogP contribution in [0.25, 0.3) is 11.2 Å². The summed E-state index contributed by atoms with van der Waals surface area (Å²) in [5.74, 6) is 0.756. The topological polar surface area (TPSA) is 85.2 Å². The maximum absolute atomic E-state index is 12.3. The molecule has 0 unspecified atom stereocenters. The van der Waals surface area contributed by atoms with Crippen molar-refractivity contribution in [2.24, 2.45) is 7.05 Å². The Labute approximate surface area is 133 Å². The molecule has 0 atom stereocenters. The predicted octanol–water partition coefficient (Wildman–Crippen LogP) is 0.450. The van der Waals surface area contributed by atoms with E-state index in [4.69, 9.17) is 4.74 Å². The van der Waals surface area contributed by atoms with Gasteiger partial charge < -0.3 is 14.2 Å². The second-order valence-electron chi connectivity index (χ2n) is 5.86. The summed E-state index contributed by atoms with van der Waals surface area (Å²) in [5, 5.41) is 0. The number of aromatic amines is 1. The minimum absolute atomic E-state index is 0.369. The highest BCUT2D eigenvalue weighted by Gasteiger charge is 2.22. The molecule has 3 rings (SSSR count). The lowest BCUT2D eigenvalue weighted by atomic mass is 10.2. The number of rotatable bonds is 5. The van der Waals surface area contributed by atoms with Crippen molar-refractivity contribution >= 4 is 17.1 Å². The average molecular weight is 321 g/mol. The number of nitrogens with zero attached hydrogens (tertiary/aromatic N) is 4. The van der Waals surface area contributed by atoms with Gasteiger partial charge in [0, 0.05) is 26.7 Å². The number of hydrogen-bond donors (Lipinski definition) is 1. The first-order valence-electron chi connectivity index (χ1n) is 8.15. The van der Waals surface area contributed by atoms with Gasteiger partial charge in [-0.2, -0.15) is 4.98 Å². The molecule has 8 heteroatoms. The van der Waals surface area contributed by atoms with E-state index >= 15 is 0 Å². The fraction of sp³-hybridized carbons (Fsp3) is 0.667. The zero-order valence-corrected chi connectivity index (χ0v) is 13.7. The largest absolute Gasteiger partial charge is 0.378 e. The number of hydrogen-bond acceptors (Lipinski definition) is 5. The van der Waals surface area contributed by atoms with Crippen LogP contribution in [-0.4, -0.2) is 45.4 Å². The van der Waals surface area contributed by atoms with Gasteiger partial charge in [0.05, 0.1) is 13.2 Å². The van der Waals surface area contributed by atoms with Gasteiger partial charge in [0.2, 0.25) is 5.95 Å². The molecule has 126 valence electrons. The van der Waals surface area contributed by atoms with E-state index < -0.39 is 5.69 Å². The van der Waals surface area contributed by atoms with Gasteiger partial charge in [0.15, 0.2) is 11.2 Å². The van der Waals surface area contributed by atoms with Gasteiger partial charge in [-0.25, -0.2) is 4.79 Å². The Hall–Kier alpha value is -2.09. The van der Waals surface area contributed by atoms with Gasteiger partial charge in [-0.05, 0) is 6.42 Å². The molecule has 0 aromatic carbocycles. The van der Waals surface area contributed by atoms with Crippen molar-refractivity contribution in [3.8, 4) is 0 Å². The van der Waals surface area contributed by atoms with E-state index in [-0.39, 0.29) is 5.56 Å². The third-order valence-electron chi connectivity index (χ3n) is 4.27. The molecule has 0 spiro atoms. The molecule has 2 aromatic rings. The Morgan fingerprint density at radius 3 is 2.65 bits per heavy atom. The molecule has 3 heterocycles. The van der Waals surface area contributed by atoms with E-state index in [0.29, 0.717) is 24.4 Å². The Morgan fingerprint density at radius 2 is 1.96 bits per heavy atom. The SMILES string of the molecule is CCCCCn1c(N2CCOCC2)nc2c1c(=O)[nH]c(=O)n2C. The molecule has 23 heavy (non-hydrogen) atoms. The summed E-state index contributed by atoms with van der Waals surface area (Å²) in [7, 11) is 1.63. The Bertz CT molecular complexity index is 798. The fourth-order valence-electron chi connectivity index (χ4n) is 2.96. The van der Waals surface area contributed by atoms with Crippen LogP contribution in [0.1, 0.15) is 26.2 Å². The summed E-state index contributed by atoms with van der Waals surface area (Å²) in [5.41, 5.74) is 0.113. The first-order valence-corrected chi connectivity index (χ1v) is 8.15. The van der Waals surface area contributed by atoms with E-state index in [2.05, 4.69) is 21.8 Å². The highest BCUT2D eigenvalue weighted by atomic mass is 16.5. The molecular weight excluding hydrogens is 298 g/mol. The normalized spacial score (nSPS) is 15.5. The van der Waals surface area contributed by atoms with Crippen LogP contribution < -0.4 is 16.1 Å². The molecule has 1 aliphatic rings. The number of imidazole rings is 1. The van der Waals surface area contributed by atoms with Crippen LogP contribution in [0.15, 0.2) is 9.59 Å². The van der Waals surface area contributed by atoms with Crippen LogP contribution in [0.4, 0.5) is 5.95 Å². The molecule has 0 saturated carbocycles.